The van der Waals surface area contributed by atoms with Crippen LogP contribution < -0.4 is 5.73 Å². The molecular formula is C13H23N3O2. The van der Waals surface area contributed by atoms with Crippen molar-refractivity contribution in [2.75, 3.05) is 19.8 Å². The van der Waals surface area contributed by atoms with Crippen LogP contribution in [0.1, 0.15) is 37.1 Å². The average Bonchev–Trinajstić information content (AvgIpc) is 2.79. The molecule has 1 aromatic rings. The van der Waals surface area contributed by atoms with E-state index in [9.17, 15) is 5.11 Å². The molecule has 1 aromatic heterocycles. The predicted octanol–water partition coefficient (Wildman–Crippen LogP) is 0.771. The van der Waals surface area contributed by atoms with Crippen molar-refractivity contribution in [2.24, 2.45) is 18.2 Å². The Morgan fingerprint density at radius 1 is 1.67 bits per heavy atom. The van der Waals surface area contributed by atoms with Gasteiger partial charge in [0.05, 0.1) is 18.4 Å². The van der Waals surface area contributed by atoms with E-state index in [1.165, 1.54) is 0 Å². The van der Waals surface area contributed by atoms with Gasteiger partial charge in [-0.05, 0) is 19.3 Å². The first kappa shape index (κ1) is 13.5. The van der Waals surface area contributed by atoms with E-state index in [4.69, 9.17) is 10.5 Å². The lowest BCUT2D eigenvalue weighted by atomic mass is 9.75. The van der Waals surface area contributed by atoms with Crippen LogP contribution in [-0.4, -0.2) is 34.6 Å². The van der Waals surface area contributed by atoms with E-state index < -0.39 is 6.10 Å². The number of rotatable bonds is 4. The van der Waals surface area contributed by atoms with Crippen molar-refractivity contribution in [3.8, 4) is 0 Å². The van der Waals surface area contributed by atoms with Crippen LogP contribution in [0.4, 0.5) is 0 Å². The highest BCUT2D eigenvalue weighted by Crippen LogP contribution is 2.40. The minimum atomic E-state index is -0.591. The van der Waals surface area contributed by atoms with Gasteiger partial charge in [0.25, 0.3) is 0 Å². The van der Waals surface area contributed by atoms with Gasteiger partial charge in [0, 0.05) is 37.4 Å². The van der Waals surface area contributed by atoms with Crippen LogP contribution in [0.5, 0.6) is 0 Å². The third kappa shape index (κ3) is 2.30. The average molecular weight is 253 g/mol. The zero-order valence-corrected chi connectivity index (χ0v) is 11.2. The summed E-state index contributed by atoms with van der Waals surface area (Å²) in [4.78, 5) is 0. The number of hydrogen-bond donors (Lipinski definition) is 2. The fourth-order valence-electron chi connectivity index (χ4n) is 2.75. The first-order chi connectivity index (χ1) is 8.63. The Labute approximate surface area is 108 Å². The topological polar surface area (TPSA) is 73.3 Å². The standard InChI is InChI=1S/C13H23N3O2/c1-3-11-10(7-16(2)15-11)12(17)13(8-14)5-4-6-18-9-13/h7,12,17H,3-6,8-9,14H2,1-2H3. The molecule has 2 heterocycles. The molecule has 1 aliphatic rings. The number of aryl methyl sites for hydroxylation is 2. The molecule has 5 nitrogen and oxygen atoms in total. The number of aliphatic hydroxyl groups is 1. The van der Waals surface area contributed by atoms with Gasteiger partial charge in [-0.25, -0.2) is 0 Å². The van der Waals surface area contributed by atoms with Crippen molar-refractivity contribution >= 4 is 0 Å². The first-order valence-corrected chi connectivity index (χ1v) is 6.61. The molecule has 2 rings (SSSR count). The Kier molecular flexibility index (Phi) is 4.04. The first-order valence-electron chi connectivity index (χ1n) is 6.61. The van der Waals surface area contributed by atoms with E-state index in [1.54, 1.807) is 4.68 Å². The fraction of sp³-hybridized carbons (Fsp3) is 0.769. The number of hydrogen-bond acceptors (Lipinski definition) is 4. The molecule has 2 unspecified atom stereocenters. The molecule has 2 atom stereocenters. The van der Waals surface area contributed by atoms with Crippen molar-refractivity contribution in [3.05, 3.63) is 17.5 Å². The Morgan fingerprint density at radius 3 is 3.00 bits per heavy atom. The molecule has 5 heteroatoms. The molecule has 102 valence electrons. The second-order valence-electron chi connectivity index (χ2n) is 5.18. The molecule has 0 aromatic carbocycles. The zero-order chi connectivity index (χ0) is 13.2. The summed E-state index contributed by atoms with van der Waals surface area (Å²) in [5, 5.41) is 15.1. The zero-order valence-electron chi connectivity index (χ0n) is 11.2. The van der Waals surface area contributed by atoms with Crippen LogP contribution >= 0.6 is 0 Å². The normalized spacial score (nSPS) is 26.2. The number of ether oxygens (including phenoxy) is 1. The van der Waals surface area contributed by atoms with E-state index in [-0.39, 0.29) is 5.41 Å². The third-order valence-corrected chi connectivity index (χ3v) is 3.91. The van der Waals surface area contributed by atoms with Crippen LogP contribution in [-0.2, 0) is 18.2 Å². The van der Waals surface area contributed by atoms with E-state index in [2.05, 4.69) is 5.10 Å². The fourth-order valence-corrected chi connectivity index (χ4v) is 2.75. The molecule has 1 fully saturated rings. The summed E-state index contributed by atoms with van der Waals surface area (Å²) in [6.45, 7) is 3.78. The van der Waals surface area contributed by atoms with Crippen molar-refractivity contribution in [2.45, 2.75) is 32.3 Å². The van der Waals surface area contributed by atoms with E-state index in [0.717, 1.165) is 37.1 Å². The Balaban J connectivity index is 2.30. The second-order valence-corrected chi connectivity index (χ2v) is 5.18. The molecule has 0 saturated carbocycles. The molecule has 0 radical (unpaired) electrons. The van der Waals surface area contributed by atoms with Gasteiger partial charge in [0.1, 0.15) is 0 Å². The maximum atomic E-state index is 10.7. The summed E-state index contributed by atoms with van der Waals surface area (Å²) >= 11 is 0. The van der Waals surface area contributed by atoms with Crippen LogP contribution in [0.2, 0.25) is 0 Å². The van der Waals surface area contributed by atoms with Gasteiger partial charge in [-0.2, -0.15) is 5.10 Å². The molecule has 0 spiro atoms. The number of nitrogens with zero attached hydrogens (tertiary/aromatic N) is 2. The molecule has 0 amide bonds. The van der Waals surface area contributed by atoms with Crippen LogP contribution in [0.25, 0.3) is 0 Å². The smallest absolute Gasteiger partial charge is 0.0913 e. The van der Waals surface area contributed by atoms with Gasteiger partial charge in [-0.3, -0.25) is 4.68 Å². The van der Waals surface area contributed by atoms with Gasteiger partial charge < -0.3 is 15.6 Å². The van der Waals surface area contributed by atoms with Crippen molar-refractivity contribution in [3.63, 3.8) is 0 Å². The van der Waals surface area contributed by atoms with Gasteiger partial charge in [0.15, 0.2) is 0 Å². The summed E-state index contributed by atoms with van der Waals surface area (Å²) in [5.74, 6) is 0. The third-order valence-electron chi connectivity index (χ3n) is 3.91. The second kappa shape index (κ2) is 5.38. The highest BCUT2D eigenvalue weighted by atomic mass is 16.5. The number of aromatic nitrogens is 2. The van der Waals surface area contributed by atoms with Crippen LogP contribution in [0, 0.1) is 5.41 Å². The maximum absolute atomic E-state index is 10.7. The lowest BCUT2D eigenvalue weighted by Gasteiger charge is -2.39. The van der Waals surface area contributed by atoms with Gasteiger partial charge in [-0.15, -0.1) is 0 Å². The molecule has 18 heavy (non-hydrogen) atoms. The van der Waals surface area contributed by atoms with Gasteiger partial charge in [0.2, 0.25) is 0 Å². The SMILES string of the molecule is CCc1nn(C)cc1C(O)C1(CN)CCCOC1. The van der Waals surface area contributed by atoms with Crippen molar-refractivity contribution in [1.29, 1.82) is 0 Å². The molecule has 0 bridgehead atoms. The Hall–Kier alpha value is -0.910. The summed E-state index contributed by atoms with van der Waals surface area (Å²) in [6.07, 6.45) is 3.98. The Bertz CT molecular complexity index is 397. The van der Waals surface area contributed by atoms with E-state index in [0.29, 0.717) is 13.2 Å². The molecule has 1 saturated heterocycles. The molecule has 0 aliphatic carbocycles. The minimum Gasteiger partial charge on any atom is -0.388 e. The molecular weight excluding hydrogens is 230 g/mol. The summed E-state index contributed by atoms with van der Waals surface area (Å²) in [5.41, 5.74) is 7.40. The monoisotopic (exact) mass is 253 g/mol. The van der Waals surface area contributed by atoms with Crippen LogP contribution in [0.3, 0.4) is 0 Å². The van der Waals surface area contributed by atoms with Gasteiger partial charge >= 0.3 is 0 Å². The number of nitrogens with two attached hydrogens (primary N) is 1. The quantitative estimate of drug-likeness (QED) is 0.831. The summed E-state index contributed by atoms with van der Waals surface area (Å²) in [6, 6.07) is 0. The largest absolute Gasteiger partial charge is 0.388 e. The molecule has 1 aliphatic heterocycles. The summed E-state index contributed by atoms with van der Waals surface area (Å²) < 4.78 is 7.29. The van der Waals surface area contributed by atoms with E-state index >= 15 is 0 Å². The van der Waals surface area contributed by atoms with Crippen LogP contribution in [0.15, 0.2) is 6.20 Å². The highest BCUT2D eigenvalue weighted by molar-refractivity contribution is 5.23. The summed E-state index contributed by atoms with van der Waals surface area (Å²) in [7, 11) is 1.88. The number of aliphatic hydroxyl groups excluding tert-OH is 1. The maximum Gasteiger partial charge on any atom is 0.0913 e. The molecule has 3 N–H and O–H groups in total. The minimum absolute atomic E-state index is 0.356. The highest BCUT2D eigenvalue weighted by Gasteiger charge is 2.41. The Morgan fingerprint density at radius 2 is 2.44 bits per heavy atom. The van der Waals surface area contributed by atoms with Crippen molar-refractivity contribution in [1.82, 2.24) is 9.78 Å². The van der Waals surface area contributed by atoms with E-state index in [1.807, 2.05) is 20.2 Å². The van der Waals surface area contributed by atoms with Crippen molar-refractivity contribution < 1.29 is 9.84 Å². The predicted molar refractivity (Wildman–Crippen MR) is 69.1 cm³/mol. The lowest BCUT2D eigenvalue weighted by Crippen LogP contribution is -2.43. The van der Waals surface area contributed by atoms with Gasteiger partial charge in [-0.1, -0.05) is 6.92 Å². The lowest BCUT2D eigenvalue weighted by molar-refractivity contribution is -0.0784.